The third kappa shape index (κ3) is 14.4. The quantitative estimate of drug-likeness (QED) is 0.698. The molecular formula is C12H28O2. The molecule has 0 aliphatic rings. The summed E-state index contributed by atoms with van der Waals surface area (Å²) in [4.78, 5) is 0. The maximum absolute atomic E-state index is 8.86. The molecule has 0 aromatic carbocycles. The first-order chi connectivity index (χ1) is 6.62. The number of hydrogen-bond acceptors (Lipinski definition) is 2. The molecule has 0 saturated heterocycles. The fourth-order valence-electron chi connectivity index (χ4n) is 1.12. The Labute approximate surface area is 89.3 Å². The summed E-state index contributed by atoms with van der Waals surface area (Å²) < 4.78 is 0. The van der Waals surface area contributed by atoms with Gasteiger partial charge < -0.3 is 10.2 Å². The van der Waals surface area contributed by atoms with Crippen molar-refractivity contribution in [2.45, 2.75) is 65.9 Å². The zero-order valence-electron chi connectivity index (χ0n) is 10.3. The summed E-state index contributed by atoms with van der Waals surface area (Å²) in [7, 11) is 0. The highest BCUT2D eigenvalue weighted by atomic mass is 16.3. The van der Waals surface area contributed by atoms with Gasteiger partial charge in [0.25, 0.3) is 0 Å². The van der Waals surface area contributed by atoms with Gasteiger partial charge in [-0.25, -0.2) is 0 Å². The lowest BCUT2D eigenvalue weighted by atomic mass is 10.1. The molecule has 14 heavy (non-hydrogen) atoms. The van der Waals surface area contributed by atoms with Crippen molar-refractivity contribution in [3.05, 3.63) is 0 Å². The lowest BCUT2D eigenvalue weighted by Gasteiger charge is -2.01. The molecular weight excluding hydrogens is 176 g/mol. The first-order valence-electron chi connectivity index (χ1n) is 5.91. The van der Waals surface area contributed by atoms with E-state index in [-0.39, 0.29) is 6.10 Å². The van der Waals surface area contributed by atoms with Crippen LogP contribution < -0.4 is 0 Å². The van der Waals surface area contributed by atoms with Gasteiger partial charge >= 0.3 is 0 Å². The first kappa shape index (κ1) is 16.4. The first-order valence-corrected chi connectivity index (χ1v) is 5.91. The highest BCUT2D eigenvalue weighted by molar-refractivity contribution is 4.47. The van der Waals surface area contributed by atoms with E-state index >= 15 is 0 Å². The van der Waals surface area contributed by atoms with Crippen LogP contribution in [0.25, 0.3) is 0 Å². The van der Waals surface area contributed by atoms with Gasteiger partial charge in [0.1, 0.15) is 0 Å². The van der Waals surface area contributed by atoms with Crippen molar-refractivity contribution < 1.29 is 10.2 Å². The smallest absolute Gasteiger partial charge is 0.0537 e. The third-order valence-corrected chi connectivity index (χ3v) is 2.19. The van der Waals surface area contributed by atoms with Crippen molar-refractivity contribution in [3.63, 3.8) is 0 Å². The van der Waals surface area contributed by atoms with Gasteiger partial charge in [-0.3, -0.25) is 0 Å². The van der Waals surface area contributed by atoms with Crippen LogP contribution in [0.1, 0.15) is 59.8 Å². The summed E-state index contributed by atoms with van der Waals surface area (Å²) in [6.07, 6.45) is 5.22. The van der Waals surface area contributed by atoms with Gasteiger partial charge in [0, 0.05) is 6.61 Å². The van der Waals surface area contributed by atoms with E-state index in [1.54, 1.807) is 0 Å². The SMILES string of the molecule is CCCC(C)CO.CCCC(O)CC. The van der Waals surface area contributed by atoms with Crippen LogP contribution in [0.4, 0.5) is 0 Å². The standard InChI is InChI=1S/2C6H14O/c1-3-4-6(2)5-7;1-3-5-6(7)4-2/h2*6-7H,3-5H2,1-2H3. The summed E-state index contributed by atoms with van der Waals surface area (Å²) in [5.41, 5.74) is 0. The molecule has 0 aromatic rings. The Balaban J connectivity index is 0. The third-order valence-electron chi connectivity index (χ3n) is 2.19. The van der Waals surface area contributed by atoms with E-state index in [4.69, 9.17) is 10.2 Å². The summed E-state index contributed by atoms with van der Waals surface area (Å²) in [6, 6.07) is 0. The largest absolute Gasteiger partial charge is 0.396 e. The zero-order valence-corrected chi connectivity index (χ0v) is 10.3. The van der Waals surface area contributed by atoms with E-state index in [1.165, 1.54) is 6.42 Å². The van der Waals surface area contributed by atoms with Crippen molar-refractivity contribution in [1.29, 1.82) is 0 Å². The Morgan fingerprint density at radius 1 is 1.00 bits per heavy atom. The van der Waals surface area contributed by atoms with Gasteiger partial charge in [0.2, 0.25) is 0 Å². The molecule has 0 aromatic heterocycles. The monoisotopic (exact) mass is 204 g/mol. The van der Waals surface area contributed by atoms with E-state index < -0.39 is 0 Å². The molecule has 2 unspecified atom stereocenters. The van der Waals surface area contributed by atoms with Crippen LogP contribution in [0.15, 0.2) is 0 Å². The second-order valence-electron chi connectivity index (χ2n) is 3.93. The van der Waals surface area contributed by atoms with E-state index in [0.717, 1.165) is 25.7 Å². The van der Waals surface area contributed by atoms with Crippen LogP contribution in [0.2, 0.25) is 0 Å². The van der Waals surface area contributed by atoms with Gasteiger partial charge in [-0.2, -0.15) is 0 Å². The second kappa shape index (κ2) is 12.9. The number of aliphatic hydroxyl groups excluding tert-OH is 2. The molecule has 2 heteroatoms. The van der Waals surface area contributed by atoms with Crippen molar-refractivity contribution in [1.82, 2.24) is 0 Å². The van der Waals surface area contributed by atoms with Gasteiger partial charge in [0.15, 0.2) is 0 Å². The lowest BCUT2D eigenvalue weighted by Crippen LogP contribution is -2.01. The molecule has 2 nitrogen and oxygen atoms in total. The highest BCUT2D eigenvalue weighted by Crippen LogP contribution is 2.01. The molecule has 0 fully saturated rings. The van der Waals surface area contributed by atoms with Gasteiger partial charge in [-0.05, 0) is 25.2 Å². The van der Waals surface area contributed by atoms with Crippen LogP contribution in [0.5, 0.6) is 0 Å². The van der Waals surface area contributed by atoms with E-state index in [0.29, 0.717) is 12.5 Å². The van der Waals surface area contributed by atoms with Gasteiger partial charge in [-0.15, -0.1) is 0 Å². The number of aliphatic hydroxyl groups is 2. The van der Waals surface area contributed by atoms with E-state index in [2.05, 4.69) is 20.8 Å². The topological polar surface area (TPSA) is 40.5 Å². The Hall–Kier alpha value is -0.0800. The summed E-state index contributed by atoms with van der Waals surface area (Å²) in [5, 5.41) is 17.3. The van der Waals surface area contributed by atoms with E-state index in [1.807, 2.05) is 6.92 Å². The lowest BCUT2D eigenvalue weighted by molar-refractivity contribution is 0.159. The summed E-state index contributed by atoms with van der Waals surface area (Å²) >= 11 is 0. The fraction of sp³-hybridized carbons (Fsp3) is 1.00. The van der Waals surface area contributed by atoms with Crippen molar-refractivity contribution in [3.8, 4) is 0 Å². The molecule has 0 heterocycles. The van der Waals surface area contributed by atoms with Crippen LogP contribution in [0, 0.1) is 5.92 Å². The predicted molar refractivity (Wildman–Crippen MR) is 62.4 cm³/mol. The molecule has 0 bridgehead atoms. The molecule has 0 aliphatic carbocycles. The molecule has 0 radical (unpaired) electrons. The Bertz CT molecular complexity index is 82.3. The average Bonchev–Trinajstić information content (AvgIpc) is 2.19. The van der Waals surface area contributed by atoms with Crippen LogP contribution in [0.3, 0.4) is 0 Å². The minimum atomic E-state index is -0.0509. The molecule has 88 valence electrons. The maximum Gasteiger partial charge on any atom is 0.0537 e. The predicted octanol–water partition coefficient (Wildman–Crippen LogP) is 2.97. The molecule has 0 saturated carbocycles. The summed E-state index contributed by atoms with van der Waals surface area (Å²) in [6.45, 7) is 8.61. The fourth-order valence-corrected chi connectivity index (χ4v) is 1.12. The van der Waals surface area contributed by atoms with Crippen LogP contribution >= 0.6 is 0 Å². The van der Waals surface area contributed by atoms with E-state index in [9.17, 15) is 0 Å². The molecule has 0 spiro atoms. The normalized spacial score (nSPS) is 14.1. The molecule has 0 amide bonds. The average molecular weight is 204 g/mol. The van der Waals surface area contributed by atoms with Crippen molar-refractivity contribution >= 4 is 0 Å². The van der Waals surface area contributed by atoms with Crippen LogP contribution in [-0.4, -0.2) is 22.9 Å². The molecule has 0 rings (SSSR count). The highest BCUT2D eigenvalue weighted by Gasteiger charge is 1.94. The zero-order chi connectivity index (χ0) is 11.4. The Morgan fingerprint density at radius 3 is 1.64 bits per heavy atom. The van der Waals surface area contributed by atoms with Crippen molar-refractivity contribution in [2.75, 3.05) is 6.61 Å². The summed E-state index contributed by atoms with van der Waals surface area (Å²) in [5.74, 6) is 0.505. The Kier molecular flexibility index (Phi) is 15.1. The van der Waals surface area contributed by atoms with Gasteiger partial charge in [0.05, 0.1) is 6.10 Å². The Morgan fingerprint density at radius 2 is 1.50 bits per heavy atom. The van der Waals surface area contributed by atoms with Crippen LogP contribution in [-0.2, 0) is 0 Å². The minimum absolute atomic E-state index is 0.0509. The number of rotatable bonds is 6. The van der Waals surface area contributed by atoms with Crippen molar-refractivity contribution in [2.24, 2.45) is 5.92 Å². The second-order valence-corrected chi connectivity index (χ2v) is 3.93. The maximum atomic E-state index is 8.86. The minimum Gasteiger partial charge on any atom is -0.396 e. The molecule has 2 N–H and O–H groups in total. The molecule has 0 aliphatic heterocycles. The van der Waals surface area contributed by atoms with Gasteiger partial charge in [-0.1, -0.05) is 40.5 Å². The number of hydrogen-bond donors (Lipinski definition) is 2. The molecule has 2 atom stereocenters.